The van der Waals surface area contributed by atoms with Crippen molar-refractivity contribution in [1.29, 1.82) is 0 Å². The third kappa shape index (κ3) is 5.99. The molecule has 3 atom stereocenters. The van der Waals surface area contributed by atoms with Crippen LogP contribution in [0, 0.1) is 5.21 Å². The number of carbonyl (C=O) groups excluding carboxylic acids is 3. The highest BCUT2D eigenvalue weighted by Crippen LogP contribution is 2.41. The number of nitrogens with zero attached hydrogens (tertiary/aromatic N) is 3. The molecule has 0 radical (unpaired) electrons. The van der Waals surface area contributed by atoms with Gasteiger partial charge < -0.3 is 31.0 Å². The third-order valence-electron chi connectivity index (χ3n) is 5.42. The summed E-state index contributed by atoms with van der Waals surface area (Å²) in [4.78, 5) is 52.4. The lowest BCUT2D eigenvalue weighted by atomic mass is 10.0. The van der Waals surface area contributed by atoms with E-state index in [0.29, 0.717) is 15.5 Å². The maximum Gasteiger partial charge on any atom is 0.352 e. The Morgan fingerprint density at radius 3 is 2.84 bits per heavy atom. The Morgan fingerprint density at radius 1 is 1.39 bits per heavy atom. The second kappa shape index (κ2) is 12.2. The number of carbonyl (C=O) groups is 4. The summed E-state index contributed by atoms with van der Waals surface area (Å²) in [6, 6.07) is 3.64. The number of thiophene rings is 1. The number of rotatable bonds is 10. The lowest BCUT2D eigenvalue weighted by molar-refractivity contribution is -0.670. The predicted octanol–water partition coefficient (Wildman–Crippen LogP) is 0.905. The Balaban J connectivity index is 1.45. The van der Waals surface area contributed by atoms with E-state index in [0.717, 1.165) is 16.7 Å². The summed E-state index contributed by atoms with van der Waals surface area (Å²) in [5, 5.41) is 34.2. The van der Waals surface area contributed by atoms with Crippen LogP contribution in [0.15, 0.2) is 45.9 Å². The van der Waals surface area contributed by atoms with E-state index in [2.05, 4.69) is 21.0 Å². The van der Waals surface area contributed by atoms with Crippen molar-refractivity contribution in [3.05, 3.63) is 56.2 Å². The van der Waals surface area contributed by atoms with Gasteiger partial charge in [-0.1, -0.05) is 17.8 Å². The fourth-order valence-electron chi connectivity index (χ4n) is 3.68. The van der Waals surface area contributed by atoms with E-state index in [1.165, 1.54) is 42.3 Å². The zero-order valence-corrected chi connectivity index (χ0v) is 22.8. The number of aromatic nitrogens is 2. The molecule has 0 bridgehead atoms. The number of ether oxygens (including phenoxy) is 1. The highest BCUT2D eigenvalue weighted by Gasteiger charge is 2.54. The van der Waals surface area contributed by atoms with E-state index in [4.69, 9.17) is 16.3 Å². The fourth-order valence-corrected chi connectivity index (χ4v) is 6.89. The van der Waals surface area contributed by atoms with Crippen molar-refractivity contribution in [2.24, 2.45) is 0 Å². The van der Waals surface area contributed by atoms with Crippen LogP contribution in [0.2, 0.25) is 5.15 Å². The first-order valence-corrected chi connectivity index (χ1v) is 14.2. The quantitative estimate of drug-likeness (QED) is 0.101. The van der Waals surface area contributed by atoms with Crippen molar-refractivity contribution in [2.45, 2.75) is 22.5 Å². The van der Waals surface area contributed by atoms with Gasteiger partial charge in [0, 0.05) is 34.7 Å². The molecule has 2 aliphatic heterocycles. The molecule has 202 valence electrons. The Bertz CT molecular complexity index is 1280. The number of urea groups is 1. The molecular weight excluding hydrogens is 580 g/mol. The summed E-state index contributed by atoms with van der Waals surface area (Å²) in [6.07, 6.45) is 0. The van der Waals surface area contributed by atoms with Crippen LogP contribution >= 0.6 is 46.5 Å². The number of carboxylic acid groups (broad SMARTS) is 1. The second-order valence-electron chi connectivity index (χ2n) is 7.84. The molecule has 0 aliphatic carbocycles. The van der Waals surface area contributed by atoms with Gasteiger partial charge in [0.1, 0.15) is 29.9 Å². The summed E-state index contributed by atoms with van der Waals surface area (Å²) < 4.78 is 4.80. The maximum absolute atomic E-state index is 13.1. The van der Waals surface area contributed by atoms with Crippen LogP contribution in [0.5, 0.6) is 0 Å². The average molecular weight is 601 g/mol. The minimum Gasteiger partial charge on any atom is -0.593 e. The number of amides is 4. The minimum atomic E-state index is -1.28. The van der Waals surface area contributed by atoms with E-state index >= 15 is 0 Å². The van der Waals surface area contributed by atoms with Gasteiger partial charge in [-0.25, -0.2) is 9.59 Å². The normalized spacial score (nSPS) is 19.3. The molecule has 4 N–H and O–H groups in total. The van der Waals surface area contributed by atoms with Crippen LogP contribution in [0.1, 0.15) is 10.9 Å². The van der Waals surface area contributed by atoms with E-state index in [-0.39, 0.29) is 33.9 Å². The SMILES string of the molecule is COCNC(=O)NC(C(=O)N[C@H]1C(=O)N2C(C(=O)O)=C(CSc3ccc(Cl)[n+]([O-])n3)CSC12)c1cccs1. The van der Waals surface area contributed by atoms with Gasteiger partial charge in [-0.2, -0.15) is 0 Å². The molecule has 4 heterocycles. The molecule has 0 aromatic carbocycles. The summed E-state index contributed by atoms with van der Waals surface area (Å²) >= 11 is 9.38. The third-order valence-corrected chi connectivity index (χ3v) is 8.97. The summed E-state index contributed by atoms with van der Waals surface area (Å²) in [6.45, 7) is -0.0602. The lowest BCUT2D eigenvalue weighted by Crippen LogP contribution is -2.71. The van der Waals surface area contributed by atoms with Crippen molar-refractivity contribution >= 4 is 70.3 Å². The zero-order chi connectivity index (χ0) is 27.4. The molecule has 2 aromatic rings. The molecule has 38 heavy (non-hydrogen) atoms. The molecule has 4 rings (SSSR count). The van der Waals surface area contributed by atoms with Crippen LogP contribution in [0.4, 0.5) is 4.79 Å². The van der Waals surface area contributed by atoms with Gasteiger partial charge in [0.2, 0.25) is 5.91 Å². The average Bonchev–Trinajstić information content (AvgIpc) is 3.43. The Hall–Kier alpha value is -3.05. The molecule has 1 fully saturated rings. The number of methoxy groups -OCH3 is 1. The number of thioether (sulfide) groups is 2. The van der Waals surface area contributed by atoms with Crippen molar-refractivity contribution in [2.75, 3.05) is 25.3 Å². The molecule has 2 unspecified atom stereocenters. The van der Waals surface area contributed by atoms with Gasteiger partial charge in [-0.15, -0.1) is 23.1 Å². The van der Waals surface area contributed by atoms with Crippen LogP contribution < -0.4 is 20.8 Å². The number of fused-ring (bicyclic) bond motifs is 1. The van der Waals surface area contributed by atoms with Gasteiger partial charge in [0.05, 0.1) is 0 Å². The van der Waals surface area contributed by atoms with E-state index in [1.807, 2.05) is 0 Å². The van der Waals surface area contributed by atoms with Crippen molar-refractivity contribution in [1.82, 2.24) is 25.9 Å². The number of halogens is 1. The van der Waals surface area contributed by atoms with E-state index < -0.39 is 41.3 Å². The minimum absolute atomic E-state index is 0.0602. The van der Waals surface area contributed by atoms with Gasteiger partial charge in [0.25, 0.3) is 5.91 Å². The molecule has 4 amide bonds. The van der Waals surface area contributed by atoms with Crippen molar-refractivity contribution < 1.29 is 33.9 Å². The Morgan fingerprint density at radius 2 is 2.18 bits per heavy atom. The van der Waals surface area contributed by atoms with Crippen molar-refractivity contribution in [3.8, 4) is 0 Å². The topological polar surface area (TPSA) is 177 Å². The summed E-state index contributed by atoms with van der Waals surface area (Å²) in [7, 11) is 1.40. The first-order chi connectivity index (χ1) is 18.2. The highest BCUT2D eigenvalue weighted by molar-refractivity contribution is 8.01. The largest absolute Gasteiger partial charge is 0.593 e. The zero-order valence-electron chi connectivity index (χ0n) is 19.6. The molecule has 1 saturated heterocycles. The number of β-lactam (4-membered cyclic amide) rings is 1. The fraction of sp³-hybridized carbons (Fsp3) is 0.333. The second-order valence-corrected chi connectivity index (χ2v) is 11.3. The molecule has 2 aromatic heterocycles. The molecule has 0 spiro atoms. The maximum atomic E-state index is 13.1. The number of hydrogen-bond donors (Lipinski definition) is 4. The predicted molar refractivity (Wildman–Crippen MR) is 139 cm³/mol. The van der Waals surface area contributed by atoms with Gasteiger partial charge in [0.15, 0.2) is 5.03 Å². The van der Waals surface area contributed by atoms with Crippen LogP contribution in [-0.4, -0.2) is 75.7 Å². The molecule has 2 aliphatic rings. The van der Waals surface area contributed by atoms with Gasteiger partial charge in [-0.05, 0) is 39.5 Å². The summed E-state index contributed by atoms with van der Waals surface area (Å²) in [5.41, 5.74) is 0.316. The van der Waals surface area contributed by atoms with Crippen LogP contribution in [0.3, 0.4) is 0 Å². The smallest absolute Gasteiger partial charge is 0.352 e. The van der Waals surface area contributed by atoms with E-state index in [9.17, 15) is 29.5 Å². The molecule has 13 nitrogen and oxygen atoms in total. The summed E-state index contributed by atoms with van der Waals surface area (Å²) in [5.74, 6) is -2.00. The number of hydrogen-bond acceptors (Lipinski definition) is 10. The highest BCUT2D eigenvalue weighted by atomic mass is 35.5. The number of carboxylic acids is 1. The molecular formula is C21H21ClN6O7S3. The standard InChI is InChI=1S/C21H21ClN6O7S3/c1-35-9-23-21(33)25-14(11-3-2-6-36-11)17(29)24-15-18(30)27-16(20(31)32)10(8-38-19(15)27)7-37-13-5-4-12(22)28(34)26-13/h2-6,14-15,19H,7-9H2,1H3,(H,24,29)(H,31,32)(H2,23,25,33)/t14?,15-,19?/m0/s1. The Labute approximate surface area is 233 Å². The van der Waals surface area contributed by atoms with Crippen molar-refractivity contribution in [3.63, 3.8) is 0 Å². The monoisotopic (exact) mass is 600 g/mol. The first kappa shape index (κ1) is 28.0. The molecule has 17 heteroatoms. The number of nitrogens with one attached hydrogen (secondary N) is 3. The van der Waals surface area contributed by atoms with Gasteiger partial charge in [-0.3, -0.25) is 14.5 Å². The van der Waals surface area contributed by atoms with Crippen LogP contribution in [0.25, 0.3) is 0 Å². The Kier molecular flexibility index (Phi) is 8.99. The first-order valence-electron chi connectivity index (χ1n) is 10.9. The van der Waals surface area contributed by atoms with Crippen LogP contribution in [-0.2, 0) is 19.1 Å². The van der Waals surface area contributed by atoms with Gasteiger partial charge >= 0.3 is 17.2 Å². The molecule has 0 saturated carbocycles. The number of aliphatic carboxylic acids is 1. The lowest BCUT2D eigenvalue weighted by Gasteiger charge is -2.49. The van der Waals surface area contributed by atoms with E-state index in [1.54, 1.807) is 17.5 Å².